The Balaban J connectivity index is 1.98. The molecule has 0 radical (unpaired) electrons. The van der Waals surface area contributed by atoms with E-state index in [1.807, 2.05) is 24.9 Å². The van der Waals surface area contributed by atoms with Crippen molar-refractivity contribution >= 4 is 21.6 Å². The number of hydrogen-bond acceptors (Lipinski definition) is 5. The molecule has 1 aliphatic carbocycles. The topological polar surface area (TPSA) is 61.2 Å². The third-order valence-corrected chi connectivity index (χ3v) is 7.21. The smallest absolute Gasteiger partial charge is 0.179 e. The van der Waals surface area contributed by atoms with E-state index in [2.05, 4.69) is 11.2 Å². The van der Waals surface area contributed by atoms with Crippen molar-refractivity contribution in [1.82, 2.24) is 4.90 Å². The highest BCUT2D eigenvalue weighted by atomic mass is 32.2. The summed E-state index contributed by atoms with van der Waals surface area (Å²) in [7, 11) is -1.27. The lowest BCUT2D eigenvalue weighted by atomic mass is 10.2. The van der Waals surface area contributed by atoms with Crippen molar-refractivity contribution in [3.8, 4) is 6.07 Å². The fourth-order valence-corrected chi connectivity index (χ4v) is 5.35. The van der Waals surface area contributed by atoms with Crippen molar-refractivity contribution in [2.45, 2.75) is 35.4 Å². The van der Waals surface area contributed by atoms with E-state index in [1.165, 1.54) is 25.0 Å². The Morgan fingerprint density at radius 2 is 2.00 bits per heavy atom. The number of thioether (sulfide) groups is 1. The van der Waals surface area contributed by atoms with Gasteiger partial charge in [-0.15, -0.1) is 0 Å². The van der Waals surface area contributed by atoms with Crippen LogP contribution in [0.4, 0.5) is 0 Å². The first kappa shape index (κ1) is 17.3. The molecule has 0 spiro atoms. The third-order valence-electron chi connectivity index (χ3n) is 4.34. The largest absolute Gasteiger partial charge is 0.301 e. The van der Waals surface area contributed by atoms with Gasteiger partial charge in [0.1, 0.15) is 0 Å². The summed E-state index contributed by atoms with van der Waals surface area (Å²) in [6.07, 6.45) is 5.73. The molecule has 4 nitrogen and oxygen atoms in total. The average Bonchev–Trinajstić information content (AvgIpc) is 3.01. The monoisotopic (exact) mass is 338 g/mol. The average molecular weight is 338 g/mol. The Kier molecular flexibility index (Phi) is 5.90. The lowest BCUT2D eigenvalue weighted by Crippen LogP contribution is -2.38. The van der Waals surface area contributed by atoms with Crippen molar-refractivity contribution in [3.63, 3.8) is 0 Å². The van der Waals surface area contributed by atoms with E-state index in [9.17, 15) is 8.42 Å². The second-order valence-electron chi connectivity index (χ2n) is 5.71. The molecule has 0 unspecified atom stereocenters. The van der Waals surface area contributed by atoms with Crippen LogP contribution < -0.4 is 0 Å². The van der Waals surface area contributed by atoms with Crippen LogP contribution >= 0.6 is 11.8 Å². The summed E-state index contributed by atoms with van der Waals surface area (Å²) >= 11 is 1.88. The first-order chi connectivity index (χ1) is 10.5. The fourth-order valence-electron chi connectivity index (χ4n) is 2.97. The van der Waals surface area contributed by atoms with Gasteiger partial charge in [-0.1, -0.05) is 6.42 Å². The predicted molar refractivity (Wildman–Crippen MR) is 90.8 cm³/mol. The minimum absolute atomic E-state index is 0.118. The summed E-state index contributed by atoms with van der Waals surface area (Å²) in [5.41, 5.74) is 0.477. The molecular formula is C16H22N2O2S2. The van der Waals surface area contributed by atoms with Crippen LogP contribution in [0.5, 0.6) is 0 Å². The number of sulfone groups is 1. The van der Waals surface area contributed by atoms with E-state index < -0.39 is 9.84 Å². The second kappa shape index (κ2) is 7.49. The summed E-state index contributed by atoms with van der Waals surface area (Å²) in [6.45, 7) is 0.546. The van der Waals surface area contributed by atoms with Gasteiger partial charge in [0.2, 0.25) is 0 Å². The molecule has 22 heavy (non-hydrogen) atoms. The number of nitrogens with zero attached hydrogens (tertiary/aromatic N) is 2. The highest BCUT2D eigenvalue weighted by molar-refractivity contribution is 7.99. The maximum absolute atomic E-state index is 12.4. The Bertz CT molecular complexity index is 635. The molecule has 6 heteroatoms. The first-order valence-electron chi connectivity index (χ1n) is 7.44. The normalized spacial score (nSPS) is 21.9. The van der Waals surface area contributed by atoms with Crippen LogP contribution in [0.2, 0.25) is 0 Å². The van der Waals surface area contributed by atoms with Crippen LogP contribution in [0, 0.1) is 11.3 Å². The van der Waals surface area contributed by atoms with Gasteiger partial charge in [-0.25, -0.2) is 8.42 Å². The molecule has 1 saturated carbocycles. The lowest BCUT2D eigenvalue weighted by molar-refractivity contribution is 0.264. The third kappa shape index (κ3) is 4.03. The molecule has 120 valence electrons. The molecule has 0 saturated heterocycles. The second-order valence-corrected chi connectivity index (χ2v) is 8.89. The van der Waals surface area contributed by atoms with Crippen molar-refractivity contribution in [1.29, 1.82) is 5.26 Å². The Morgan fingerprint density at radius 3 is 2.59 bits per heavy atom. The lowest BCUT2D eigenvalue weighted by Gasteiger charge is -2.28. The minimum Gasteiger partial charge on any atom is -0.301 e. The van der Waals surface area contributed by atoms with Crippen molar-refractivity contribution in [2.75, 3.05) is 25.6 Å². The highest BCUT2D eigenvalue weighted by Crippen LogP contribution is 2.31. The summed E-state index contributed by atoms with van der Waals surface area (Å²) in [4.78, 5) is 2.49. The molecule has 1 fully saturated rings. The SMILES string of the molecule is CS[C@H]1CCC[C@@H]1N(C)CCS(=O)(=O)c1ccc(C#N)cc1. The van der Waals surface area contributed by atoms with E-state index in [1.54, 1.807) is 12.1 Å². The highest BCUT2D eigenvalue weighted by Gasteiger charge is 2.30. The molecule has 2 rings (SSSR count). The quantitative estimate of drug-likeness (QED) is 0.798. The van der Waals surface area contributed by atoms with Crippen LogP contribution in [0.15, 0.2) is 29.2 Å². The van der Waals surface area contributed by atoms with Crippen LogP contribution in [0.1, 0.15) is 24.8 Å². The number of benzene rings is 1. The maximum atomic E-state index is 12.4. The van der Waals surface area contributed by atoms with Gasteiger partial charge in [0.05, 0.1) is 22.3 Å². The zero-order valence-corrected chi connectivity index (χ0v) is 14.7. The molecular weight excluding hydrogens is 316 g/mol. The first-order valence-corrected chi connectivity index (χ1v) is 10.4. The summed E-state index contributed by atoms with van der Waals surface area (Å²) < 4.78 is 24.8. The number of rotatable bonds is 6. The van der Waals surface area contributed by atoms with Crippen LogP contribution in [-0.4, -0.2) is 50.2 Å². The number of hydrogen-bond donors (Lipinski definition) is 0. The number of nitriles is 1. The zero-order chi connectivity index (χ0) is 16.2. The van der Waals surface area contributed by atoms with Gasteiger partial charge in [0.15, 0.2) is 9.84 Å². The molecule has 0 N–H and O–H groups in total. The van der Waals surface area contributed by atoms with E-state index in [-0.39, 0.29) is 5.75 Å². The Hall–Kier alpha value is -1.03. The molecule has 1 aliphatic rings. The van der Waals surface area contributed by atoms with Crippen molar-refractivity contribution in [3.05, 3.63) is 29.8 Å². The van der Waals surface area contributed by atoms with Crippen LogP contribution in [-0.2, 0) is 9.84 Å². The van der Waals surface area contributed by atoms with Gasteiger partial charge in [0.25, 0.3) is 0 Å². The van der Waals surface area contributed by atoms with E-state index >= 15 is 0 Å². The van der Waals surface area contributed by atoms with Gasteiger partial charge in [-0.2, -0.15) is 17.0 Å². The van der Waals surface area contributed by atoms with E-state index in [0.717, 1.165) is 6.42 Å². The van der Waals surface area contributed by atoms with Crippen molar-refractivity contribution < 1.29 is 8.42 Å². The predicted octanol–water partition coefficient (Wildman–Crippen LogP) is 2.55. The van der Waals surface area contributed by atoms with Gasteiger partial charge in [-0.3, -0.25) is 0 Å². The molecule has 1 aromatic rings. The van der Waals surface area contributed by atoms with Crippen molar-refractivity contribution in [2.24, 2.45) is 0 Å². The summed E-state index contributed by atoms with van der Waals surface area (Å²) in [5, 5.41) is 9.38. The molecule has 0 aliphatic heterocycles. The standard InChI is InChI=1S/C16H22N2O2S2/c1-18(15-4-3-5-16(15)21-2)10-11-22(19,20)14-8-6-13(12-17)7-9-14/h6-9,15-16H,3-5,10-11H2,1-2H3/t15-,16-/m0/s1. The molecule has 2 atom stereocenters. The molecule has 0 aromatic heterocycles. The Morgan fingerprint density at radius 1 is 1.32 bits per heavy atom. The van der Waals surface area contributed by atoms with Crippen LogP contribution in [0.25, 0.3) is 0 Å². The van der Waals surface area contributed by atoms with Crippen LogP contribution in [0.3, 0.4) is 0 Å². The summed E-state index contributed by atoms with van der Waals surface area (Å²) in [6, 6.07) is 8.63. The summed E-state index contributed by atoms with van der Waals surface area (Å²) in [5.74, 6) is 0.118. The molecule has 0 heterocycles. The van der Waals surface area contributed by atoms with Gasteiger partial charge >= 0.3 is 0 Å². The minimum atomic E-state index is -3.29. The Labute approximate surface area is 137 Å². The maximum Gasteiger partial charge on any atom is 0.179 e. The zero-order valence-electron chi connectivity index (χ0n) is 13.0. The van der Waals surface area contributed by atoms with E-state index in [0.29, 0.717) is 28.3 Å². The van der Waals surface area contributed by atoms with E-state index in [4.69, 9.17) is 5.26 Å². The fraction of sp³-hybridized carbons (Fsp3) is 0.562. The van der Waals surface area contributed by atoms with Gasteiger partial charge < -0.3 is 4.90 Å². The molecule has 0 bridgehead atoms. The molecule has 1 aromatic carbocycles. The molecule has 0 amide bonds. The van der Waals surface area contributed by atoms with Gasteiger partial charge in [0, 0.05) is 17.8 Å². The van der Waals surface area contributed by atoms with Gasteiger partial charge in [-0.05, 0) is 50.4 Å².